The Bertz CT molecular complexity index is 2070. The Labute approximate surface area is 247 Å². The summed E-state index contributed by atoms with van der Waals surface area (Å²) < 4.78 is 0. The molecule has 42 heavy (non-hydrogen) atoms. The Kier molecular flexibility index (Phi) is 6.56. The van der Waals surface area contributed by atoms with Crippen molar-refractivity contribution in [1.29, 1.82) is 0 Å². The first kappa shape index (κ1) is 25.8. The fourth-order valence-corrected chi connectivity index (χ4v) is 6.21. The minimum absolute atomic E-state index is 0.251. The van der Waals surface area contributed by atoms with E-state index >= 15 is 0 Å². The number of benzene rings is 7. The second-order valence-electron chi connectivity index (χ2n) is 11.3. The van der Waals surface area contributed by atoms with E-state index in [0.29, 0.717) is 5.75 Å². The molecular weight excluding hydrogens is 508 g/mol. The first-order chi connectivity index (χ1) is 20.6. The van der Waals surface area contributed by atoms with E-state index in [2.05, 4.69) is 147 Å². The smallest absolute Gasteiger partial charge is 0.123 e. The van der Waals surface area contributed by atoms with Crippen molar-refractivity contribution >= 4 is 21.5 Å². The molecule has 7 rings (SSSR count). The van der Waals surface area contributed by atoms with Gasteiger partial charge in [-0.05, 0) is 102 Å². The fourth-order valence-electron chi connectivity index (χ4n) is 6.21. The predicted molar refractivity (Wildman–Crippen MR) is 179 cm³/mol. The molecule has 0 aliphatic heterocycles. The number of rotatable bonds is 5. The van der Waals surface area contributed by atoms with Crippen LogP contribution in [0, 0.1) is 0 Å². The minimum atomic E-state index is 0.251. The van der Waals surface area contributed by atoms with Crippen LogP contribution in [0.4, 0.5) is 0 Å². The van der Waals surface area contributed by atoms with Gasteiger partial charge >= 0.3 is 0 Å². The molecular formula is C41H32O. The van der Waals surface area contributed by atoms with Gasteiger partial charge in [-0.15, -0.1) is 0 Å². The van der Waals surface area contributed by atoms with Gasteiger partial charge in [-0.25, -0.2) is 0 Å². The van der Waals surface area contributed by atoms with Gasteiger partial charge in [0, 0.05) is 5.56 Å². The third-order valence-electron chi connectivity index (χ3n) is 8.32. The molecule has 0 aromatic heterocycles. The van der Waals surface area contributed by atoms with Crippen molar-refractivity contribution in [3.05, 3.63) is 151 Å². The largest absolute Gasteiger partial charge is 0.507 e. The van der Waals surface area contributed by atoms with Gasteiger partial charge in [0.1, 0.15) is 5.75 Å². The van der Waals surface area contributed by atoms with Crippen molar-refractivity contribution in [3.63, 3.8) is 0 Å². The first-order valence-electron chi connectivity index (χ1n) is 14.6. The third kappa shape index (κ3) is 4.63. The molecule has 202 valence electrons. The molecule has 7 aromatic carbocycles. The maximum absolute atomic E-state index is 11.3. The molecule has 0 spiro atoms. The molecule has 0 heterocycles. The molecule has 0 aliphatic carbocycles. The normalized spacial score (nSPS) is 11.4. The van der Waals surface area contributed by atoms with E-state index in [9.17, 15) is 5.11 Å². The van der Waals surface area contributed by atoms with E-state index in [1.54, 1.807) is 0 Å². The highest BCUT2D eigenvalue weighted by Crippen LogP contribution is 2.42. The van der Waals surface area contributed by atoms with Gasteiger partial charge in [0.05, 0.1) is 0 Å². The minimum Gasteiger partial charge on any atom is -0.507 e. The third-order valence-corrected chi connectivity index (χ3v) is 8.32. The maximum Gasteiger partial charge on any atom is 0.123 e. The van der Waals surface area contributed by atoms with Crippen LogP contribution in [0.1, 0.15) is 25.3 Å². The molecule has 0 aliphatic rings. The molecule has 0 radical (unpaired) electrons. The molecule has 0 amide bonds. The second-order valence-corrected chi connectivity index (χ2v) is 11.3. The van der Waals surface area contributed by atoms with Gasteiger partial charge in [0.2, 0.25) is 0 Å². The van der Waals surface area contributed by atoms with E-state index in [1.165, 1.54) is 32.7 Å². The summed E-state index contributed by atoms with van der Waals surface area (Å²) in [5.74, 6) is 0.560. The van der Waals surface area contributed by atoms with Crippen LogP contribution in [0.2, 0.25) is 0 Å². The van der Waals surface area contributed by atoms with Gasteiger partial charge < -0.3 is 5.11 Å². The van der Waals surface area contributed by atoms with Gasteiger partial charge in [-0.3, -0.25) is 0 Å². The molecule has 1 N–H and O–H groups in total. The molecule has 0 saturated carbocycles. The zero-order chi connectivity index (χ0) is 28.6. The molecule has 0 bridgehead atoms. The summed E-state index contributed by atoms with van der Waals surface area (Å²) in [4.78, 5) is 0. The summed E-state index contributed by atoms with van der Waals surface area (Å²) in [5, 5.41) is 16.3. The molecule has 7 aromatic rings. The summed E-state index contributed by atoms with van der Waals surface area (Å²) >= 11 is 0. The lowest BCUT2D eigenvalue weighted by Gasteiger charge is -2.18. The molecule has 0 atom stereocenters. The van der Waals surface area contributed by atoms with E-state index in [0.717, 1.165) is 38.9 Å². The lowest BCUT2D eigenvalue weighted by molar-refractivity contribution is 0.476. The number of phenols is 1. The number of phenolic OH excluding ortho intramolecular Hbond substituents is 1. The summed E-state index contributed by atoms with van der Waals surface area (Å²) in [6, 6.07) is 51.4. The van der Waals surface area contributed by atoms with E-state index in [4.69, 9.17) is 0 Å². The Balaban J connectivity index is 1.39. The van der Waals surface area contributed by atoms with Crippen molar-refractivity contribution in [2.45, 2.75) is 19.8 Å². The van der Waals surface area contributed by atoms with Crippen LogP contribution >= 0.6 is 0 Å². The number of fused-ring (bicyclic) bond motifs is 3. The lowest BCUT2D eigenvalue weighted by atomic mass is 9.86. The highest BCUT2D eigenvalue weighted by Gasteiger charge is 2.17. The van der Waals surface area contributed by atoms with Crippen LogP contribution in [-0.4, -0.2) is 5.11 Å². The quantitative estimate of drug-likeness (QED) is 0.215. The average molecular weight is 541 g/mol. The van der Waals surface area contributed by atoms with Crippen LogP contribution < -0.4 is 0 Å². The summed E-state index contributed by atoms with van der Waals surface area (Å²) in [5.41, 5.74) is 9.98. The zero-order valence-corrected chi connectivity index (χ0v) is 23.9. The van der Waals surface area contributed by atoms with Gasteiger partial charge in [-0.1, -0.05) is 129 Å². The number of aromatic hydroxyl groups is 1. The van der Waals surface area contributed by atoms with Crippen LogP contribution in [0.15, 0.2) is 146 Å². The highest BCUT2D eigenvalue weighted by molar-refractivity contribution is 6.13. The van der Waals surface area contributed by atoms with E-state index in [1.807, 2.05) is 12.1 Å². The molecule has 1 nitrogen and oxygen atoms in total. The van der Waals surface area contributed by atoms with Gasteiger partial charge in [0.15, 0.2) is 0 Å². The number of hydrogen-bond acceptors (Lipinski definition) is 1. The van der Waals surface area contributed by atoms with Gasteiger partial charge in [0.25, 0.3) is 0 Å². The fraction of sp³-hybridized carbons (Fsp3) is 0.0732. The Morgan fingerprint density at radius 2 is 0.952 bits per heavy atom. The zero-order valence-electron chi connectivity index (χ0n) is 23.9. The van der Waals surface area contributed by atoms with E-state index < -0.39 is 0 Å². The monoisotopic (exact) mass is 540 g/mol. The van der Waals surface area contributed by atoms with Gasteiger partial charge in [-0.2, -0.15) is 0 Å². The van der Waals surface area contributed by atoms with Crippen LogP contribution in [0.5, 0.6) is 5.75 Å². The highest BCUT2D eigenvalue weighted by atomic mass is 16.3. The summed E-state index contributed by atoms with van der Waals surface area (Å²) in [6.45, 7) is 4.38. The maximum atomic E-state index is 11.3. The number of hydrogen-bond donors (Lipinski definition) is 1. The van der Waals surface area contributed by atoms with Crippen molar-refractivity contribution < 1.29 is 5.11 Å². The van der Waals surface area contributed by atoms with Crippen molar-refractivity contribution in [3.8, 4) is 50.3 Å². The van der Waals surface area contributed by atoms with Crippen LogP contribution in [0.25, 0.3) is 66.1 Å². The molecule has 1 heteroatoms. The van der Waals surface area contributed by atoms with Crippen molar-refractivity contribution in [1.82, 2.24) is 0 Å². The average Bonchev–Trinajstić information content (AvgIpc) is 3.04. The summed E-state index contributed by atoms with van der Waals surface area (Å²) in [6.07, 6.45) is 0. The van der Waals surface area contributed by atoms with Crippen molar-refractivity contribution in [2.75, 3.05) is 0 Å². The lowest BCUT2D eigenvalue weighted by Crippen LogP contribution is -1.95. The van der Waals surface area contributed by atoms with Crippen LogP contribution in [-0.2, 0) is 0 Å². The standard InChI is InChI=1S/C41H32O/c1-27(2)37-26-41(42)40(32-18-10-15-29(22-32)28-12-4-3-5-13-28)25-39(37)31-17-11-16-30(23-31)38-24-33-14-6-7-19-34(33)35-20-8-9-21-36(35)38/h3-27,42H,1-2H3. The Hall–Kier alpha value is -5.14. The Morgan fingerprint density at radius 3 is 1.69 bits per heavy atom. The topological polar surface area (TPSA) is 20.2 Å². The molecule has 0 fully saturated rings. The SMILES string of the molecule is CC(C)c1cc(O)c(-c2cccc(-c3ccccc3)c2)cc1-c1cccc(-c2cc3ccccc3c3ccccc23)c1. The van der Waals surface area contributed by atoms with Crippen LogP contribution in [0.3, 0.4) is 0 Å². The van der Waals surface area contributed by atoms with E-state index in [-0.39, 0.29) is 5.92 Å². The van der Waals surface area contributed by atoms with Crippen molar-refractivity contribution in [2.24, 2.45) is 0 Å². The molecule has 0 saturated heterocycles. The predicted octanol–water partition coefficient (Wildman–Crippen LogP) is 11.5. The summed E-state index contributed by atoms with van der Waals surface area (Å²) in [7, 11) is 0. The first-order valence-corrected chi connectivity index (χ1v) is 14.6. The molecule has 0 unspecified atom stereocenters. The second kappa shape index (κ2) is 10.7. The Morgan fingerprint density at radius 1 is 0.405 bits per heavy atom.